The Morgan fingerprint density at radius 3 is 2.50 bits per heavy atom. The van der Waals surface area contributed by atoms with Gasteiger partial charge in [-0.1, -0.05) is 38.2 Å². The lowest BCUT2D eigenvalue weighted by molar-refractivity contribution is 0.349. The fourth-order valence-electron chi connectivity index (χ4n) is 2.71. The SMILES string of the molecule is NS(=O)(=O)c1cccc(O)c1CC1CCCCC1. The molecule has 0 bridgehead atoms. The molecule has 1 aliphatic rings. The van der Waals surface area contributed by atoms with Crippen molar-refractivity contribution < 1.29 is 13.5 Å². The molecule has 1 fully saturated rings. The third kappa shape index (κ3) is 3.03. The van der Waals surface area contributed by atoms with E-state index in [1.54, 1.807) is 0 Å². The van der Waals surface area contributed by atoms with Crippen LogP contribution in [-0.4, -0.2) is 13.5 Å². The fourth-order valence-corrected chi connectivity index (χ4v) is 3.51. The lowest BCUT2D eigenvalue weighted by Gasteiger charge is -2.22. The molecule has 0 heterocycles. The first-order valence-electron chi connectivity index (χ1n) is 6.32. The van der Waals surface area contributed by atoms with Gasteiger partial charge in [0.05, 0.1) is 4.90 Å². The van der Waals surface area contributed by atoms with Crippen LogP contribution in [0.25, 0.3) is 0 Å². The number of aromatic hydroxyl groups is 1. The van der Waals surface area contributed by atoms with E-state index in [4.69, 9.17) is 5.14 Å². The summed E-state index contributed by atoms with van der Waals surface area (Å²) in [4.78, 5) is 0.0630. The molecule has 0 aliphatic heterocycles. The van der Waals surface area contributed by atoms with Crippen LogP contribution in [0.5, 0.6) is 5.75 Å². The quantitative estimate of drug-likeness (QED) is 0.882. The minimum absolute atomic E-state index is 0.0344. The normalized spacial score (nSPS) is 17.8. The first-order valence-corrected chi connectivity index (χ1v) is 7.87. The van der Waals surface area contributed by atoms with E-state index in [0.29, 0.717) is 17.9 Å². The van der Waals surface area contributed by atoms with Crippen molar-refractivity contribution in [2.75, 3.05) is 0 Å². The van der Waals surface area contributed by atoms with E-state index in [1.165, 1.54) is 37.5 Å². The van der Waals surface area contributed by atoms with E-state index in [-0.39, 0.29) is 10.6 Å². The Morgan fingerprint density at radius 1 is 1.22 bits per heavy atom. The Hall–Kier alpha value is -1.07. The zero-order valence-electron chi connectivity index (χ0n) is 10.3. The Labute approximate surface area is 108 Å². The van der Waals surface area contributed by atoms with Crippen LogP contribution >= 0.6 is 0 Å². The predicted octanol–water partition coefficient (Wildman–Crippen LogP) is 2.16. The van der Waals surface area contributed by atoms with E-state index in [0.717, 1.165) is 12.8 Å². The van der Waals surface area contributed by atoms with Gasteiger partial charge < -0.3 is 5.11 Å². The second-order valence-electron chi connectivity index (χ2n) is 5.01. The van der Waals surface area contributed by atoms with Crippen LogP contribution in [0.3, 0.4) is 0 Å². The molecular weight excluding hydrogens is 250 g/mol. The highest BCUT2D eigenvalue weighted by atomic mass is 32.2. The molecule has 0 atom stereocenters. The van der Waals surface area contributed by atoms with E-state index in [2.05, 4.69) is 0 Å². The second-order valence-corrected chi connectivity index (χ2v) is 6.54. The van der Waals surface area contributed by atoms with Crippen LogP contribution in [0.4, 0.5) is 0 Å². The molecule has 1 aromatic rings. The smallest absolute Gasteiger partial charge is 0.238 e. The second kappa shape index (κ2) is 5.28. The Morgan fingerprint density at radius 2 is 1.89 bits per heavy atom. The molecule has 0 aromatic heterocycles. The zero-order chi connectivity index (χ0) is 13.2. The maximum Gasteiger partial charge on any atom is 0.238 e. The molecular formula is C13H19NO3S. The monoisotopic (exact) mass is 269 g/mol. The summed E-state index contributed by atoms with van der Waals surface area (Å²) >= 11 is 0. The van der Waals surface area contributed by atoms with Crippen molar-refractivity contribution in [3.63, 3.8) is 0 Å². The van der Waals surface area contributed by atoms with Gasteiger partial charge in [0.2, 0.25) is 10.0 Å². The average molecular weight is 269 g/mol. The van der Waals surface area contributed by atoms with Crippen LogP contribution in [0.1, 0.15) is 37.7 Å². The number of phenols is 1. The Kier molecular flexibility index (Phi) is 3.92. The van der Waals surface area contributed by atoms with Gasteiger partial charge in [0.15, 0.2) is 0 Å². The maximum atomic E-state index is 11.5. The topological polar surface area (TPSA) is 80.4 Å². The van der Waals surface area contributed by atoms with Crippen molar-refractivity contribution in [2.24, 2.45) is 11.1 Å². The minimum Gasteiger partial charge on any atom is -0.508 e. The largest absolute Gasteiger partial charge is 0.508 e. The number of hydrogen-bond acceptors (Lipinski definition) is 3. The van der Waals surface area contributed by atoms with Gasteiger partial charge in [0.25, 0.3) is 0 Å². The van der Waals surface area contributed by atoms with Crippen molar-refractivity contribution in [3.8, 4) is 5.75 Å². The molecule has 1 aromatic carbocycles. The maximum absolute atomic E-state index is 11.5. The zero-order valence-corrected chi connectivity index (χ0v) is 11.1. The van der Waals surface area contributed by atoms with E-state index >= 15 is 0 Å². The summed E-state index contributed by atoms with van der Waals surface area (Å²) in [6.45, 7) is 0. The van der Waals surface area contributed by atoms with Gasteiger partial charge in [0, 0.05) is 5.56 Å². The van der Waals surface area contributed by atoms with E-state index < -0.39 is 10.0 Å². The molecule has 100 valence electrons. The van der Waals surface area contributed by atoms with Crippen molar-refractivity contribution in [1.29, 1.82) is 0 Å². The molecule has 0 saturated heterocycles. The number of nitrogens with two attached hydrogens (primary N) is 1. The third-order valence-electron chi connectivity index (χ3n) is 3.63. The molecule has 2 rings (SSSR count). The lowest BCUT2D eigenvalue weighted by Crippen LogP contribution is -2.17. The van der Waals surface area contributed by atoms with Crippen molar-refractivity contribution >= 4 is 10.0 Å². The first kappa shape index (κ1) is 13.4. The van der Waals surface area contributed by atoms with Gasteiger partial charge in [0.1, 0.15) is 5.75 Å². The van der Waals surface area contributed by atoms with Crippen LogP contribution in [0.2, 0.25) is 0 Å². The van der Waals surface area contributed by atoms with Gasteiger partial charge in [-0.15, -0.1) is 0 Å². The molecule has 0 amide bonds. The molecule has 18 heavy (non-hydrogen) atoms. The summed E-state index contributed by atoms with van der Waals surface area (Å²) in [6.07, 6.45) is 6.40. The molecule has 5 heteroatoms. The summed E-state index contributed by atoms with van der Waals surface area (Å²) in [7, 11) is -3.77. The van der Waals surface area contributed by atoms with Gasteiger partial charge >= 0.3 is 0 Å². The summed E-state index contributed by atoms with van der Waals surface area (Å²) in [6, 6.07) is 4.50. The highest BCUT2D eigenvalue weighted by Crippen LogP contribution is 2.32. The third-order valence-corrected chi connectivity index (χ3v) is 4.63. The minimum atomic E-state index is -3.77. The average Bonchev–Trinajstić information content (AvgIpc) is 2.32. The predicted molar refractivity (Wildman–Crippen MR) is 69.8 cm³/mol. The number of phenolic OH excluding ortho intramolecular Hbond substituents is 1. The number of sulfonamides is 1. The molecule has 0 unspecified atom stereocenters. The van der Waals surface area contributed by atoms with Crippen LogP contribution in [0, 0.1) is 5.92 Å². The number of rotatable bonds is 3. The van der Waals surface area contributed by atoms with Crippen LogP contribution < -0.4 is 5.14 Å². The highest BCUT2D eigenvalue weighted by molar-refractivity contribution is 7.89. The molecule has 3 N–H and O–H groups in total. The fraction of sp³-hybridized carbons (Fsp3) is 0.538. The molecule has 1 aliphatic carbocycles. The van der Waals surface area contributed by atoms with Crippen LogP contribution in [-0.2, 0) is 16.4 Å². The Bertz CT molecular complexity index is 519. The summed E-state index contributed by atoms with van der Waals surface area (Å²) in [5, 5.41) is 15.1. The molecule has 1 saturated carbocycles. The summed E-state index contributed by atoms with van der Waals surface area (Å²) < 4.78 is 23.0. The van der Waals surface area contributed by atoms with Crippen molar-refractivity contribution in [3.05, 3.63) is 23.8 Å². The van der Waals surface area contributed by atoms with Gasteiger partial charge in [-0.2, -0.15) is 0 Å². The highest BCUT2D eigenvalue weighted by Gasteiger charge is 2.21. The van der Waals surface area contributed by atoms with Gasteiger partial charge in [-0.05, 0) is 24.5 Å². The van der Waals surface area contributed by atoms with E-state index in [1.807, 2.05) is 0 Å². The van der Waals surface area contributed by atoms with Crippen LogP contribution in [0.15, 0.2) is 23.1 Å². The summed E-state index contributed by atoms with van der Waals surface area (Å²) in [5.41, 5.74) is 0.479. The van der Waals surface area contributed by atoms with Crippen molar-refractivity contribution in [1.82, 2.24) is 0 Å². The van der Waals surface area contributed by atoms with Crippen molar-refractivity contribution in [2.45, 2.75) is 43.4 Å². The molecule has 0 spiro atoms. The number of hydrogen-bond donors (Lipinski definition) is 2. The van der Waals surface area contributed by atoms with Gasteiger partial charge in [-0.3, -0.25) is 0 Å². The summed E-state index contributed by atoms with van der Waals surface area (Å²) in [5.74, 6) is 0.486. The first-order chi connectivity index (χ1) is 8.48. The molecule has 0 radical (unpaired) electrons. The van der Waals surface area contributed by atoms with Gasteiger partial charge in [-0.25, -0.2) is 13.6 Å². The molecule has 4 nitrogen and oxygen atoms in total. The number of benzene rings is 1. The van der Waals surface area contributed by atoms with E-state index in [9.17, 15) is 13.5 Å². The standard InChI is InChI=1S/C13H19NO3S/c14-18(16,17)13-8-4-7-12(15)11(13)9-10-5-2-1-3-6-10/h4,7-8,10,15H,1-3,5-6,9H2,(H2,14,16,17). The number of primary sulfonamides is 1. The lowest BCUT2D eigenvalue weighted by atomic mass is 9.84. The Balaban J connectivity index is 2.31.